The largest absolute Gasteiger partial charge is 0.411 e. The molecule has 25 heavy (non-hydrogen) atoms. The van der Waals surface area contributed by atoms with Gasteiger partial charge in [0.1, 0.15) is 0 Å². The number of carbonyl (C=O) groups excluding carboxylic acids is 1. The third kappa shape index (κ3) is 4.40. The molecule has 1 N–H and O–H groups in total. The van der Waals surface area contributed by atoms with Crippen molar-refractivity contribution < 1.29 is 17.6 Å². The molecule has 1 fully saturated rings. The first-order valence-electron chi connectivity index (χ1n) is 7.80. The fourth-order valence-corrected chi connectivity index (χ4v) is 5.46. The van der Waals surface area contributed by atoms with Crippen molar-refractivity contribution in [3.05, 3.63) is 29.8 Å². The minimum absolute atomic E-state index is 0.0194. The molecular weight excluding hydrogens is 362 g/mol. The molecule has 2 heterocycles. The summed E-state index contributed by atoms with van der Waals surface area (Å²) in [6.45, 7) is 3.71. The Kier molecular flexibility index (Phi) is 4.88. The molecule has 1 saturated heterocycles. The number of sulfone groups is 1. The van der Waals surface area contributed by atoms with E-state index in [4.69, 9.17) is 4.42 Å². The minimum atomic E-state index is -3.06. The summed E-state index contributed by atoms with van der Waals surface area (Å²) in [5.41, 5.74) is 1.18. The van der Waals surface area contributed by atoms with E-state index in [-0.39, 0.29) is 23.2 Å². The van der Waals surface area contributed by atoms with Gasteiger partial charge in [-0.1, -0.05) is 30.0 Å². The lowest BCUT2D eigenvalue weighted by Gasteiger charge is -2.23. The molecule has 0 spiro atoms. The highest BCUT2D eigenvalue weighted by atomic mass is 32.2. The summed E-state index contributed by atoms with van der Waals surface area (Å²) in [6.07, 6.45) is 0.434. The molecule has 1 atom stereocenters. The summed E-state index contributed by atoms with van der Waals surface area (Å²) in [4.78, 5) is 12.1. The average Bonchev–Trinajstić information content (AvgIpc) is 3.10. The predicted molar refractivity (Wildman–Crippen MR) is 95.0 cm³/mol. The maximum atomic E-state index is 12.1. The fourth-order valence-electron chi connectivity index (χ4n) is 2.80. The van der Waals surface area contributed by atoms with Crippen LogP contribution in [0.2, 0.25) is 0 Å². The van der Waals surface area contributed by atoms with Crippen LogP contribution in [0.3, 0.4) is 0 Å². The Bertz CT molecular complexity index is 894. The number of aryl methyl sites for hydroxylation is 1. The fraction of sp³-hybridized carbons (Fsp3) is 0.438. The predicted octanol–water partition coefficient (Wildman–Crippen LogP) is 1.83. The number of rotatable bonds is 5. The normalized spacial score (nSPS) is 22.0. The van der Waals surface area contributed by atoms with Crippen LogP contribution >= 0.6 is 11.8 Å². The Morgan fingerprint density at radius 3 is 2.80 bits per heavy atom. The second kappa shape index (κ2) is 6.80. The third-order valence-corrected chi connectivity index (χ3v) is 6.77. The first-order valence-corrected chi connectivity index (χ1v) is 10.6. The van der Waals surface area contributed by atoms with Crippen molar-refractivity contribution in [2.45, 2.75) is 31.0 Å². The summed E-state index contributed by atoms with van der Waals surface area (Å²) in [6, 6.07) is 7.67. The Hall–Kier alpha value is -1.87. The van der Waals surface area contributed by atoms with E-state index in [2.05, 4.69) is 15.5 Å². The molecule has 3 rings (SSSR count). The molecule has 1 aliphatic rings. The van der Waals surface area contributed by atoms with Crippen LogP contribution in [0.1, 0.15) is 18.9 Å². The quantitative estimate of drug-likeness (QED) is 0.788. The van der Waals surface area contributed by atoms with E-state index in [1.165, 1.54) is 0 Å². The van der Waals surface area contributed by atoms with Gasteiger partial charge in [0.25, 0.3) is 5.22 Å². The molecule has 1 aliphatic heterocycles. The number of hydrogen-bond donors (Lipinski definition) is 1. The van der Waals surface area contributed by atoms with E-state index in [0.717, 1.165) is 22.9 Å². The van der Waals surface area contributed by atoms with E-state index in [1.807, 2.05) is 31.2 Å². The van der Waals surface area contributed by atoms with Gasteiger partial charge in [-0.3, -0.25) is 4.79 Å². The Labute approximate surface area is 150 Å². The molecule has 7 nitrogen and oxygen atoms in total. The van der Waals surface area contributed by atoms with Crippen LogP contribution < -0.4 is 5.32 Å². The van der Waals surface area contributed by atoms with E-state index in [0.29, 0.717) is 17.5 Å². The van der Waals surface area contributed by atoms with E-state index in [9.17, 15) is 13.2 Å². The van der Waals surface area contributed by atoms with Gasteiger partial charge in [-0.15, -0.1) is 10.2 Å². The maximum absolute atomic E-state index is 12.1. The second-order valence-corrected chi connectivity index (χ2v) is 9.54. The molecule has 1 amide bonds. The molecule has 9 heteroatoms. The van der Waals surface area contributed by atoms with Crippen molar-refractivity contribution in [3.8, 4) is 11.5 Å². The lowest BCUT2D eigenvalue weighted by Crippen LogP contribution is -2.47. The Morgan fingerprint density at radius 2 is 2.12 bits per heavy atom. The molecule has 2 aromatic rings. The van der Waals surface area contributed by atoms with Crippen LogP contribution in [-0.2, 0) is 14.6 Å². The van der Waals surface area contributed by atoms with Gasteiger partial charge in [-0.25, -0.2) is 8.42 Å². The van der Waals surface area contributed by atoms with Gasteiger partial charge in [0.05, 0.1) is 22.8 Å². The van der Waals surface area contributed by atoms with Crippen LogP contribution in [0, 0.1) is 6.92 Å². The van der Waals surface area contributed by atoms with Crippen LogP contribution in [0.5, 0.6) is 0 Å². The van der Waals surface area contributed by atoms with Gasteiger partial charge in [-0.2, -0.15) is 0 Å². The molecule has 0 saturated carbocycles. The lowest BCUT2D eigenvalue weighted by atomic mass is 10.0. The minimum Gasteiger partial charge on any atom is -0.411 e. The second-order valence-electron chi connectivity index (χ2n) is 6.43. The summed E-state index contributed by atoms with van der Waals surface area (Å²) < 4.78 is 28.8. The van der Waals surface area contributed by atoms with E-state index < -0.39 is 15.4 Å². The zero-order valence-corrected chi connectivity index (χ0v) is 15.6. The topological polar surface area (TPSA) is 102 Å². The van der Waals surface area contributed by atoms with Crippen LogP contribution in [-0.4, -0.2) is 47.3 Å². The number of thioether (sulfide) groups is 1. The monoisotopic (exact) mass is 381 g/mol. The van der Waals surface area contributed by atoms with Gasteiger partial charge in [-0.05, 0) is 31.9 Å². The number of nitrogens with zero attached hydrogens (tertiary/aromatic N) is 2. The number of hydrogen-bond acceptors (Lipinski definition) is 7. The highest BCUT2D eigenvalue weighted by Gasteiger charge is 2.39. The maximum Gasteiger partial charge on any atom is 0.277 e. The smallest absolute Gasteiger partial charge is 0.277 e. The van der Waals surface area contributed by atoms with Crippen molar-refractivity contribution >= 4 is 27.5 Å². The number of benzene rings is 1. The van der Waals surface area contributed by atoms with Crippen molar-refractivity contribution in [3.63, 3.8) is 0 Å². The van der Waals surface area contributed by atoms with Gasteiger partial charge in [0.2, 0.25) is 11.8 Å². The Morgan fingerprint density at radius 1 is 1.36 bits per heavy atom. The van der Waals surface area contributed by atoms with E-state index >= 15 is 0 Å². The van der Waals surface area contributed by atoms with Crippen LogP contribution in [0.15, 0.2) is 33.9 Å². The molecule has 1 aromatic carbocycles. The molecule has 0 aliphatic carbocycles. The van der Waals surface area contributed by atoms with Gasteiger partial charge >= 0.3 is 0 Å². The summed E-state index contributed by atoms with van der Waals surface area (Å²) in [5, 5.41) is 11.1. The molecule has 0 radical (unpaired) electrons. The third-order valence-electron chi connectivity index (χ3n) is 4.05. The van der Waals surface area contributed by atoms with Crippen LogP contribution in [0.25, 0.3) is 11.5 Å². The van der Waals surface area contributed by atoms with Gasteiger partial charge < -0.3 is 9.73 Å². The Balaban J connectivity index is 1.58. The molecule has 0 bridgehead atoms. The first-order chi connectivity index (χ1) is 11.8. The summed E-state index contributed by atoms with van der Waals surface area (Å²) in [5.74, 6) is 0.342. The van der Waals surface area contributed by atoms with Gasteiger partial charge in [0.15, 0.2) is 9.84 Å². The highest BCUT2D eigenvalue weighted by molar-refractivity contribution is 7.99. The van der Waals surface area contributed by atoms with E-state index in [1.54, 1.807) is 6.92 Å². The molecule has 134 valence electrons. The standard InChI is InChI=1S/C16H19N3O4S2/c1-11-5-3-4-6-12(11)14-18-19-15(23-14)24-9-13(20)17-16(2)7-8-25(21,22)10-16/h3-6H,7-10H2,1-2H3,(H,17,20)/t16-/m0/s1. The van der Waals surface area contributed by atoms with Crippen molar-refractivity contribution in [2.75, 3.05) is 17.3 Å². The SMILES string of the molecule is Cc1ccccc1-c1nnc(SCC(=O)N[C@@]2(C)CCS(=O)(=O)C2)o1. The zero-order chi connectivity index (χ0) is 18.1. The number of nitrogens with one attached hydrogen (secondary N) is 1. The number of aromatic nitrogens is 2. The summed E-state index contributed by atoms with van der Waals surface area (Å²) in [7, 11) is -3.06. The molecular formula is C16H19N3O4S2. The average molecular weight is 381 g/mol. The molecule has 0 unspecified atom stereocenters. The molecule has 1 aromatic heterocycles. The number of carbonyl (C=O) groups is 1. The highest BCUT2D eigenvalue weighted by Crippen LogP contribution is 2.26. The number of amides is 1. The summed E-state index contributed by atoms with van der Waals surface area (Å²) >= 11 is 1.13. The van der Waals surface area contributed by atoms with Crippen molar-refractivity contribution in [2.24, 2.45) is 0 Å². The lowest BCUT2D eigenvalue weighted by molar-refractivity contribution is -0.120. The van der Waals surface area contributed by atoms with Gasteiger partial charge in [0, 0.05) is 5.56 Å². The van der Waals surface area contributed by atoms with Crippen molar-refractivity contribution in [1.29, 1.82) is 0 Å². The zero-order valence-electron chi connectivity index (χ0n) is 14.0. The van der Waals surface area contributed by atoms with Crippen molar-refractivity contribution in [1.82, 2.24) is 15.5 Å². The first kappa shape index (κ1) is 17.9. The van der Waals surface area contributed by atoms with Crippen LogP contribution in [0.4, 0.5) is 0 Å².